The molecule has 10 heteroatoms. The van der Waals surface area contributed by atoms with E-state index in [0.717, 1.165) is 0 Å². The summed E-state index contributed by atoms with van der Waals surface area (Å²) in [6, 6.07) is 11.2. The average molecular weight is 426 g/mol. The molecule has 2 amide bonds. The highest BCUT2D eigenvalue weighted by molar-refractivity contribution is 5.97. The number of carbonyl (C=O) groups excluding carboxylic acids is 2. The lowest BCUT2D eigenvalue weighted by atomic mass is 10.1. The highest BCUT2D eigenvalue weighted by Gasteiger charge is 2.27. The van der Waals surface area contributed by atoms with Crippen LogP contribution in [-0.4, -0.2) is 61.0 Å². The summed E-state index contributed by atoms with van der Waals surface area (Å²) in [5.41, 5.74) is 0.193. The zero-order valence-corrected chi connectivity index (χ0v) is 15.6. The van der Waals surface area contributed by atoms with Crippen molar-refractivity contribution in [1.82, 2.24) is 9.80 Å². The van der Waals surface area contributed by atoms with Crippen LogP contribution in [0.3, 0.4) is 0 Å². The summed E-state index contributed by atoms with van der Waals surface area (Å²) in [5.74, 6) is -1.21. The van der Waals surface area contributed by atoms with E-state index in [2.05, 4.69) is 9.47 Å². The van der Waals surface area contributed by atoms with Crippen molar-refractivity contribution in [2.45, 2.75) is 13.2 Å². The average Bonchev–Trinajstić information content (AvgIpc) is 2.72. The number of amides is 2. The summed E-state index contributed by atoms with van der Waals surface area (Å²) >= 11 is 0. The van der Waals surface area contributed by atoms with Crippen LogP contribution in [0.1, 0.15) is 20.7 Å². The minimum absolute atomic E-state index is 0.00873. The van der Waals surface area contributed by atoms with Crippen LogP contribution in [0, 0.1) is 0 Å². The van der Waals surface area contributed by atoms with Gasteiger partial charge in [-0.25, -0.2) is 0 Å². The number of hydrogen-bond donors (Lipinski definition) is 0. The summed E-state index contributed by atoms with van der Waals surface area (Å²) in [4.78, 5) is 28.3. The highest BCUT2D eigenvalue weighted by Crippen LogP contribution is 2.23. The Morgan fingerprint density at radius 1 is 0.767 bits per heavy atom. The fraction of sp³-hybridized carbons (Fsp3) is 0.300. The molecule has 1 aliphatic heterocycles. The first kappa shape index (κ1) is 21.4. The Morgan fingerprint density at radius 2 is 1.37 bits per heavy atom. The van der Waals surface area contributed by atoms with Crippen LogP contribution in [0.4, 0.5) is 17.6 Å². The molecule has 0 unspecified atom stereocenters. The topological polar surface area (TPSA) is 59.1 Å². The third kappa shape index (κ3) is 5.19. The van der Waals surface area contributed by atoms with Crippen LogP contribution >= 0.6 is 0 Å². The zero-order chi connectivity index (χ0) is 21.7. The maximum atomic E-state index is 12.7. The first-order valence-electron chi connectivity index (χ1n) is 9.02. The Balaban J connectivity index is 1.64. The molecule has 1 aliphatic rings. The van der Waals surface area contributed by atoms with Crippen molar-refractivity contribution in [3.8, 4) is 11.5 Å². The van der Waals surface area contributed by atoms with Gasteiger partial charge in [0.05, 0.1) is 5.56 Å². The first-order chi connectivity index (χ1) is 14.3. The molecular formula is C20H18F4N2O4. The van der Waals surface area contributed by atoms with Crippen LogP contribution in [0.5, 0.6) is 11.5 Å². The maximum absolute atomic E-state index is 12.7. The van der Waals surface area contributed by atoms with Gasteiger partial charge in [-0.3, -0.25) is 9.59 Å². The summed E-state index contributed by atoms with van der Waals surface area (Å²) < 4.78 is 58.6. The first-order valence-corrected chi connectivity index (χ1v) is 9.02. The Labute approximate surface area is 169 Å². The molecule has 0 spiro atoms. The molecule has 0 atom stereocenters. The molecular weight excluding hydrogens is 408 g/mol. The van der Waals surface area contributed by atoms with Crippen LogP contribution in [0.15, 0.2) is 48.5 Å². The lowest BCUT2D eigenvalue weighted by molar-refractivity contribution is -0.0508. The zero-order valence-electron chi connectivity index (χ0n) is 15.6. The van der Waals surface area contributed by atoms with Crippen LogP contribution in [0.25, 0.3) is 0 Å². The Morgan fingerprint density at radius 3 is 2.00 bits per heavy atom. The Hall–Kier alpha value is -3.30. The molecule has 0 saturated carbocycles. The second kappa shape index (κ2) is 9.47. The fourth-order valence-electron chi connectivity index (χ4n) is 3.11. The van der Waals surface area contributed by atoms with Gasteiger partial charge in [-0.1, -0.05) is 18.2 Å². The van der Waals surface area contributed by atoms with Crippen molar-refractivity contribution in [2.24, 2.45) is 0 Å². The number of ether oxygens (including phenoxy) is 2. The van der Waals surface area contributed by atoms with Gasteiger partial charge in [0.15, 0.2) is 0 Å². The molecule has 2 aromatic carbocycles. The minimum Gasteiger partial charge on any atom is -0.435 e. The van der Waals surface area contributed by atoms with Crippen molar-refractivity contribution >= 4 is 11.8 Å². The SMILES string of the molecule is O=C(c1cccc(OC(F)F)c1)N1CCN(C(=O)c2ccccc2OC(F)F)CC1. The number of halogens is 4. The number of para-hydroxylation sites is 1. The van der Waals surface area contributed by atoms with Gasteiger partial charge in [-0.15, -0.1) is 0 Å². The molecule has 30 heavy (non-hydrogen) atoms. The second-order valence-electron chi connectivity index (χ2n) is 6.37. The summed E-state index contributed by atoms with van der Waals surface area (Å²) in [6.07, 6.45) is 0. The third-order valence-electron chi connectivity index (χ3n) is 4.49. The molecule has 0 aromatic heterocycles. The molecule has 1 saturated heterocycles. The molecule has 0 bridgehead atoms. The van der Waals surface area contributed by atoms with E-state index in [1.54, 1.807) is 6.07 Å². The predicted octanol–water partition coefficient (Wildman–Crippen LogP) is 3.49. The van der Waals surface area contributed by atoms with Crippen molar-refractivity contribution in [2.75, 3.05) is 26.2 Å². The van der Waals surface area contributed by atoms with E-state index in [-0.39, 0.29) is 54.7 Å². The number of rotatable bonds is 6. The van der Waals surface area contributed by atoms with Gasteiger partial charge in [0.1, 0.15) is 11.5 Å². The lowest BCUT2D eigenvalue weighted by Gasteiger charge is -2.35. The molecule has 1 fully saturated rings. The number of carbonyl (C=O) groups is 2. The van der Waals surface area contributed by atoms with E-state index in [1.807, 2.05) is 0 Å². The normalized spacial score (nSPS) is 14.2. The molecule has 1 heterocycles. The van der Waals surface area contributed by atoms with E-state index in [4.69, 9.17) is 0 Å². The van der Waals surface area contributed by atoms with Crippen molar-refractivity contribution < 1.29 is 36.6 Å². The number of nitrogens with zero attached hydrogens (tertiary/aromatic N) is 2. The number of benzene rings is 2. The fourth-order valence-corrected chi connectivity index (χ4v) is 3.11. The van der Waals surface area contributed by atoms with Crippen molar-refractivity contribution in [1.29, 1.82) is 0 Å². The van der Waals surface area contributed by atoms with Crippen LogP contribution in [0.2, 0.25) is 0 Å². The molecule has 3 rings (SSSR count). The number of hydrogen-bond acceptors (Lipinski definition) is 4. The largest absolute Gasteiger partial charge is 0.435 e. The molecule has 160 valence electrons. The van der Waals surface area contributed by atoms with Gasteiger partial charge < -0.3 is 19.3 Å². The summed E-state index contributed by atoms with van der Waals surface area (Å²) in [6.45, 7) is -5.30. The summed E-state index contributed by atoms with van der Waals surface area (Å²) in [7, 11) is 0. The van der Waals surface area contributed by atoms with Gasteiger partial charge in [0, 0.05) is 31.7 Å². The second-order valence-corrected chi connectivity index (χ2v) is 6.37. The standard InChI is InChI=1S/C20H18F4N2O4/c21-19(22)29-14-5-3-4-13(12-14)17(27)25-8-10-26(11-9-25)18(28)15-6-1-2-7-16(15)30-20(23)24/h1-7,12,19-20H,8-11H2. The predicted molar refractivity (Wildman–Crippen MR) is 98.0 cm³/mol. The lowest BCUT2D eigenvalue weighted by Crippen LogP contribution is -2.50. The third-order valence-corrected chi connectivity index (χ3v) is 4.49. The van der Waals surface area contributed by atoms with E-state index in [1.165, 1.54) is 52.3 Å². The molecule has 2 aromatic rings. The van der Waals surface area contributed by atoms with E-state index in [9.17, 15) is 27.2 Å². The number of alkyl halides is 4. The highest BCUT2D eigenvalue weighted by atomic mass is 19.3. The number of piperazine rings is 1. The maximum Gasteiger partial charge on any atom is 0.387 e. The Kier molecular flexibility index (Phi) is 6.76. The van der Waals surface area contributed by atoms with Crippen LogP contribution in [-0.2, 0) is 0 Å². The Bertz CT molecular complexity index is 902. The van der Waals surface area contributed by atoms with Crippen molar-refractivity contribution in [3.05, 3.63) is 59.7 Å². The van der Waals surface area contributed by atoms with Gasteiger partial charge >= 0.3 is 13.2 Å². The van der Waals surface area contributed by atoms with Gasteiger partial charge in [-0.05, 0) is 30.3 Å². The van der Waals surface area contributed by atoms with Crippen LogP contribution < -0.4 is 9.47 Å². The molecule has 0 radical (unpaired) electrons. The van der Waals surface area contributed by atoms with Gasteiger partial charge in [0.2, 0.25) is 0 Å². The van der Waals surface area contributed by atoms with Gasteiger partial charge in [0.25, 0.3) is 11.8 Å². The monoisotopic (exact) mass is 426 g/mol. The van der Waals surface area contributed by atoms with E-state index >= 15 is 0 Å². The minimum atomic E-state index is -3.06. The van der Waals surface area contributed by atoms with E-state index < -0.39 is 19.1 Å². The van der Waals surface area contributed by atoms with E-state index in [0.29, 0.717) is 0 Å². The van der Waals surface area contributed by atoms with Crippen molar-refractivity contribution in [3.63, 3.8) is 0 Å². The molecule has 0 N–H and O–H groups in total. The molecule has 6 nitrogen and oxygen atoms in total. The summed E-state index contributed by atoms with van der Waals surface area (Å²) in [5, 5.41) is 0. The molecule has 0 aliphatic carbocycles. The van der Waals surface area contributed by atoms with Gasteiger partial charge in [-0.2, -0.15) is 17.6 Å². The quantitative estimate of drug-likeness (QED) is 0.664. The smallest absolute Gasteiger partial charge is 0.387 e.